The average molecular weight is 493 g/mol. The Bertz CT molecular complexity index is 1110. The number of nitrogens with zero attached hydrogens (tertiary/aromatic N) is 1. The molecule has 0 spiro atoms. The molecule has 0 radical (unpaired) electrons. The van der Waals surface area contributed by atoms with Crippen molar-refractivity contribution < 1.29 is 14.6 Å². The lowest BCUT2D eigenvalue weighted by atomic mass is 9.68. The predicted molar refractivity (Wildman–Crippen MR) is 130 cm³/mol. The van der Waals surface area contributed by atoms with Crippen molar-refractivity contribution in [2.24, 2.45) is 5.41 Å². The van der Waals surface area contributed by atoms with Gasteiger partial charge in [-0.25, -0.2) is 4.98 Å². The summed E-state index contributed by atoms with van der Waals surface area (Å²) in [5.41, 5.74) is 1.73. The zero-order valence-corrected chi connectivity index (χ0v) is 20.2. The molecule has 1 aliphatic rings. The molecule has 2 N–H and O–H groups in total. The third-order valence-corrected chi connectivity index (χ3v) is 8.21. The lowest BCUT2D eigenvalue weighted by Gasteiger charge is -2.42. The minimum absolute atomic E-state index is 0.0538. The van der Waals surface area contributed by atoms with Gasteiger partial charge in [-0.3, -0.25) is 4.79 Å². The summed E-state index contributed by atoms with van der Waals surface area (Å²) in [6, 6.07) is 11.0. The van der Waals surface area contributed by atoms with Crippen molar-refractivity contribution in [2.75, 3.05) is 19.7 Å². The largest absolute Gasteiger partial charge is 0.492 e. The van der Waals surface area contributed by atoms with Gasteiger partial charge in [-0.2, -0.15) is 0 Å². The van der Waals surface area contributed by atoms with Gasteiger partial charge in [0.15, 0.2) is 0 Å². The fraction of sp³-hybridized carbons (Fsp3) is 0.417. The molecule has 2 aromatic carbocycles. The van der Waals surface area contributed by atoms with Gasteiger partial charge in [-0.15, -0.1) is 11.3 Å². The van der Waals surface area contributed by atoms with E-state index in [-0.39, 0.29) is 17.8 Å². The molecule has 8 heteroatoms. The lowest BCUT2D eigenvalue weighted by molar-refractivity contribution is -0.136. The Hall–Kier alpha value is -1.86. The molecule has 0 bridgehead atoms. The maximum Gasteiger partial charge on any atom is 0.307 e. The fourth-order valence-corrected chi connectivity index (χ4v) is 6.10. The fourth-order valence-electron chi connectivity index (χ4n) is 4.49. The summed E-state index contributed by atoms with van der Waals surface area (Å²) in [6.07, 6.45) is 2.90. The Kier molecular flexibility index (Phi) is 7.25. The van der Waals surface area contributed by atoms with Gasteiger partial charge >= 0.3 is 5.97 Å². The highest BCUT2D eigenvalue weighted by atomic mass is 35.5. The van der Waals surface area contributed by atoms with Crippen molar-refractivity contribution in [3.63, 3.8) is 0 Å². The second-order valence-electron chi connectivity index (χ2n) is 8.43. The van der Waals surface area contributed by atoms with E-state index in [1.165, 1.54) is 0 Å². The Labute approximate surface area is 201 Å². The molecule has 170 valence electrons. The Morgan fingerprint density at radius 2 is 2.03 bits per heavy atom. The molecule has 2 heterocycles. The number of hydrogen-bond donors (Lipinski definition) is 2. The smallest absolute Gasteiger partial charge is 0.307 e. The van der Waals surface area contributed by atoms with Crippen LogP contribution in [0.1, 0.15) is 42.7 Å². The van der Waals surface area contributed by atoms with Crippen LogP contribution in [0.3, 0.4) is 0 Å². The third kappa shape index (κ3) is 5.20. The molecular weight excluding hydrogens is 467 g/mol. The van der Waals surface area contributed by atoms with Crippen LogP contribution < -0.4 is 10.1 Å². The molecule has 0 saturated carbocycles. The van der Waals surface area contributed by atoms with Gasteiger partial charge in [0.25, 0.3) is 0 Å². The quantitative estimate of drug-likeness (QED) is 0.393. The van der Waals surface area contributed by atoms with Crippen LogP contribution in [0.4, 0.5) is 0 Å². The molecule has 1 aromatic heterocycles. The standard InChI is InChI=1S/C24H26Cl2N2O3S/c1-15(23-28-19-5-3-17(25)14-21(19)32-23)24(6-9-27-10-7-24)8-11-31-20-12-16(13-22(29)30)2-4-18(20)26/h2-5,12,14-15,27H,6-11,13H2,1H3,(H,29,30). The molecule has 3 aromatic rings. The van der Waals surface area contributed by atoms with Crippen LogP contribution >= 0.6 is 34.5 Å². The zero-order chi connectivity index (χ0) is 22.7. The summed E-state index contributed by atoms with van der Waals surface area (Å²) in [6.45, 7) is 4.72. The van der Waals surface area contributed by atoms with E-state index in [9.17, 15) is 4.79 Å². The van der Waals surface area contributed by atoms with Gasteiger partial charge in [0.2, 0.25) is 0 Å². The van der Waals surface area contributed by atoms with E-state index in [1.54, 1.807) is 29.5 Å². The molecule has 4 rings (SSSR count). The van der Waals surface area contributed by atoms with Crippen molar-refractivity contribution in [1.29, 1.82) is 0 Å². The molecule has 32 heavy (non-hydrogen) atoms. The van der Waals surface area contributed by atoms with Gasteiger partial charge in [-0.05, 0) is 73.7 Å². The summed E-state index contributed by atoms with van der Waals surface area (Å²) in [7, 11) is 0. The number of thiazole rings is 1. The first-order valence-electron chi connectivity index (χ1n) is 10.8. The second kappa shape index (κ2) is 9.96. The molecule has 0 aliphatic carbocycles. The minimum atomic E-state index is -0.877. The number of rotatable bonds is 8. The number of carboxylic acids is 1. The van der Waals surface area contributed by atoms with Crippen molar-refractivity contribution >= 4 is 50.7 Å². The van der Waals surface area contributed by atoms with Gasteiger partial charge < -0.3 is 15.2 Å². The van der Waals surface area contributed by atoms with Crippen molar-refractivity contribution in [3.8, 4) is 5.75 Å². The van der Waals surface area contributed by atoms with Crippen LogP contribution in [-0.2, 0) is 11.2 Å². The summed E-state index contributed by atoms with van der Waals surface area (Å²) >= 11 is 14.2. The number of carboxylic acid groups (broad SMARTS) is 1. The Morgan fingerprint density at radius 1 is 1.25 bits per heavy atom. The normalized spacial score (nSPS) is 16.7. The van der Waals surface area contributed by atoms with E-state index in [1.807, 2.05) is 18.2 Å². The van der Waals surface area contributed by atoms with Crippen molar-refractivity contribution in [3.05, 3.63) is 57.0 Å². The SMILES string of the molecule is CC(c1nc2ccc(Cl)cc2s1)C1(CCOc2cc(CC(=O)O)ccc2Cl)CCNCC1. The Balaban J connectivity index is 1.51. The van der Waals surface area contributed by atoms with Crippen LogP contribution in [0.15, 0.2) is 36.4 Å². The molecule has 5 nitrogen and oxygen atoms in total. The number of benzene rings is 2. The van der Waals surface area contributed by atoms with Crippen molar-refractivity contribution in [2.45, 2.75) is 38.5 Å². The second-order valence-corrected chi connectivity index (χ2v) is 10.3. The molecule has 0 amide bonds. The predicted octanol–water partition coefficient (Wildman–Crippen LogP) is 6.17. The number of aliphatic carboxylic acids is 1. The molecule has 1 atom stereocenters. The summed E-state index contributed by atoms with van der Waals surface area (Å²) in [5.74, 6) is -0.0622. The van der Waals surface area contributed by atoms with E-state index in [2.05, 4.69) is 12.2 Å². The average Bonchev–Trinajstić information content (AvgIpc) is 3.18. The summed E-state index contributed by atoms with van der Waals surface area (Å²) in [5, 5.41) is 14.9. The van der Waals surface area contributed by atoms with Crippen LogP contribution in [-0.4, -0.2) is 35.8 Å². The van der Waals surface area contributed by atoms with Crippen LogP contribution in [0.25, 0.3) is 10.2 Å². The lowest BCUT2D eigenvalue weighted by Crippen LogP contribution is -2.41. The minimum Gasteiger partial charge on any atom is -0.492 e. The maximum absolute atomic E-state index is 11.0. The topological polar surface area (TPSA) is 71.5 Å². The molecular formula is C24H26Cl2N2O3S. The van der Waals surface area contributed by atoms with Gasteiger partial charge in [0.05, 0.1) is 33.3 Å². The highest BCUT2D eigenvalue weighted by molar-refractivity contribution is 7.18. The van der Waals surface area contributed by atoms with Gasteiger partial charge in [0.1, 0.15) is 5.75 Å². The monoisotopic (exact) mass is 492 g/mol. The van der Waals surface area contributed by atoms with Crippen LogP contribution in [0, 0.1) is 5.41 Å². The number of fused-ring (bicyclic) bond motifs is 1. The van der Waals surface area contributed by atoms with E-state index < -0.39 is 5.97 Å². The molecule has 1 saturated heterocycles. The number of ether oxygens (including phenoxy) is 1. The summed E-state index contributed by atoms with van der Waals surface area (Å²) in [4.78, 5) is 15.9. The van der Waals surface area contributed by atoms with Gasteiger partial charge in [-0.1, -0.05) is 36.2 Å². The first-order valence-corrected chi connectivity index (χ1v) is 12.3. The van der Waals surface area contributed by atoms with E-state index in [4.69, 9.17) is 38.0 Å². The highest BCUT2D eigenvalue weighted by Gasteiger charge is 2.39. The molecule has 1 unspecified atom stereocenters. The number of halogens is 2. The van der Waals surface area contributed by atoms with Gasteiger partial charge in [0, 0.05) is 10.9 Å². The van der Waals surface area contributed by atoms with Crippen LogP contribution in [0.2, 0.25) is 10.0 Å². The summed E-state index contributed by atoms with van der Waals surface area (Å²) < 4.78 is 7.18. The molecule has 1 fully saturated rings. The number of aromatic nitrogens is 1. The Morgan fingerprint density at radius 3 is 2.78 bits per heavy atom. The number of nitrogens with one attached hydrogen (secondary N) is 1. The van der Waals surface area contributed by atoms with E-state index in [0.717, 1.165) is 52.6 Å². The van der Waals surface area contributed by atoms with Crippen molar-refractivity contribution in [1.82, 2.24) is 10.3 Å². The number of hydrogen-bond acceptors (Lipinski definition) is 5. The van der Waals surface area contributed by atoms with E-state index >= 15 is 0 Å². The van der Waals surface area contributed by atoms with E-state index in [0.29, 0.717) is 22.9 Å². The maximum atomic E-state index is 11.0. The number of piperidine rings is 1. The highest BCUT2D eigenvalue weighted by Crippen LogP contribution is 2.47. The first-order chi connectivity index (χ1) is 15.4. The molecule has 1 aliphatic heterocycles. The first kappa shape index (κ1) is 23.3. The van der Waals surface area contributed by atoms with Crippen LogP contribution in [0.5, 0.6) is 5.75 Å². The third-order valence-electron chi connectivity index (χ3n) is 6.46. The zero-order valence-electron chi connectivity index (χ0n) is 17.9. The number of carbonyl (C=O) groups is 1.